The Labute approximate surface area is 282 Å². The number of fused-ring (bicyclic) bond motifs is 11. The third kappa shape index (κ3) is 4.11. The van der Waals surface area contributed by atoms with Gasteiger partial charge in [-0.2, -0.15) is 0 Å². The van der Waals surface area contributed by atoms with Crippen LogP contribution in [0.2, 0.25) is 0 Å². The van der Waals surface area contributed by atoms with Crippen molar-refractivity contribution in [3.8, 4) is 22.3 Å². The molecule has 10 rings (SSSR count). The topological polar surface area (TPSA) is 16.4 Å². The van der Waals surface area contributed by atoms with Crippen molar-refractivity contribution in [2.75, 3.05) is 4.90 Å². The van der Waals surface area contributed by atoms with Crippen LogP contribution in [0.25, 0.3) is 44.2 Å². The number of anilines is 3. The lowest BCUT2D eigenvalue weighted by Gasteiger charge is -2.50. The number of furan rings is 1. The summed E-state index contributed by atoms with van der Waals surface area (Å²) in [5.74, 6) is 2.35. The van der Waals surface area contributed by atoms with Crippen LogP contribution in [0.15, 0.2) is 144 Å². The third-order valence-electron chi connectivity index (χ3n) is 12.0. The van der Waals surface area contributed by atoms with Crippen LogP contribution in [0.1, 0.15) is 50.2 Å². The fraction of sp³-hybridized carbons (Fsp3) is 0.217. The Hall–Kier alpha value is -5.08. The van der Waals surface area contributed by atoms with Crippen molar-refractivity contribution in [3.05, 3.63) is 151 Å². The molecule has 1 aromatic heterocycles. The van der Waals surface area contributed by atoms with E-state index in [4.69, 9.17) is 4.42 Å². The molecule has 4 unspecified atom stereocenters. The van der Waals surface area contributed by atoms with E-state index in [1.54, 1.807) is 11.1 Å². The van der Waals surface area contributed by atoms with E-state index in [0.717, 1.165) is 45.1 Å². The average molecular weight is 622 g/mol. The van der Waals surface area contributed by atoms with Crippen LogP contribution < -0.4 is 4.90 Å². The minimum absolute atomic E-state index is 0.0840. The summed E-state index contributed by atoms with van der Waals surface area (Å²) in [5, 5.41) is 2.30. The molecule has 1 spiro atoms. The highest BCUT2D eigenvalue weighted by Gasteiger charge is 2.53. The molecule has 0 amide bonds. The smallest absolute Gasteiger partial charge is 0.135 e. The monoisotopic (exact) mass is 621 g/mol. The fourth-order valence-electron chi connectivity index (χ4n) is 10.1. The molecule has 3 aliphatic carbocycles. The van der Waals surface area contributed by atoms with Gasteiger partial charge in [0.15, 0.2) is 0 Å². The zero-order valence-corrected chi connectivity index (χ0v) is 27.4. The minimum Gasteiger partial charge on any atom is -0.456 e. The van der Waals surface area contributed by atoms with Gasteiger partial charge in [-0.1, -0.05) is 104 Å². The molecule has 2 bridgehead atoms. The molecule has 3 aliphatic rings. The maximum Gasteiger partial charge on any atom is 0.135 e. The number of rotatable bonds is 4. The predicted molar refractivity (Wildman–Crippen MR) is 199 cm³/mol. The molecular weight excluding hydrogens is 583 g/mol. The lowest BCUT2D eigenvalue weighted by atomic mass is 9.53. The van der Waals surface area contributed by atoms with Crippen LogP contribution in [0.3, 0.4) is 0 Å². The summed E-state index contributed by atoms with van der Waals surface area (Å²) in [7, 11) is 0. The van der Waals surface area contributed by atoms with E-state index in [-0.39, 0.29) is 5.41 Å². The summed E-state index contributed by atoms with van der Waals surface area (Å²) >= 11 is 0. The van der Waals surface area contributed by atoms with E-state index in [0.29, 0.717) is 5.92 Å². The van der Waals surface area contributed by atoms with Gasteiger partial charge in [0.05, 0.1) is 5.69 Å². The van der Waals surface area contributed by atoms with Crippen molar-refractivity contribution in [3.63, 3.8) is 0 Å². The first-order valence-corrected chi connectivity index (χ1v) is 17.8. The molecule has 7 aromatic rings. The van der Waals surface area contributed by atoms with Crippen LogP contribution >= 0.6 is 0 Å². The van der Waals surface area contributed by atoms with Crippen molar-refractivity contribution in [1.29, 1.82) is 0 Å². The summed E-state index contributed by atoms with van der Waals surface area (Å²) in [5.41, 5.74) is 13.9. The average Bonchev–Trinajstić information content (AvgIpc) is 3.65. The zero-order valence-electron chi connectivity index (χ0n) is 27.4. The number of benzene rings is 6. The molecule has 6 aromatic carbocycles. The Bertz CT molecular complexity index is 2310. The van der Waals surface area contributed by atoms with Crippen LogP contribution in [-0.4, -0.2) is 0 Å². The van der Waals surface area contributed by atoms with Gasteiger partial charge in [0.25, 0.3) is 0 Å². The van der Waals surface area contributed by atoms with Crippen LogP contribution in [-0.2, 0) is 5.41 Å². The highest BCUT2D eigenvalue weighted by molar-refractivity contribution is 6.07. The highest BCUT2D eigenvalue weighted by Crippen LogP contribution is 2.64. The summed E-state index contributed by atoms with van der Waals surface area (Å²) in [4.78, 5) is 2.50. The van der Waals surface area contributed by atoms with Gasteiger partial charge in [-0.25, -0.2) is 0 Å². The minimum atomic E-state index is 0.0840. The number of hydrogen-bond donors (Lipinski definition) is 0. The third-order valence-corrected chi connectivity index (χ3v) is 12.0. The van der Waals surface area contributed by atoms with E-state index >= 15 is 0 Å². The normalized spacial score (nSPS) is 22.6. The first kappa shape index (κ1) is 28.0. The predicted octanol–water partition coefficient (Wildman–Crippen LogP) is 12.8. The molecule has 0 radical (unpaired) electrons. The van der Waals surface area contributed by atoms with Crippen molar-refractivity contribution < 1.29 is 4.42 Å². The van der Waals surface area contributed by atoms with Gasteiger partial charge >= 0.3 is 0 Å². The standard InChI is InChI=1S/C46H39NO/c1-30-26-31-24-25-46(34(27-30)28-31)40-14-7-5-13-38(40)45-41(46)15-9-16-42(45)47(35-20-18-33(19-21-35)32-10-3-2-4-11-32)36-22-23-44-39(29-36)37-12-6-8-17-43(37)48-44/h2-23,29-31,34H,24-28H2,1H3. The van der Waals surface area contributed by atoms with Crippen LogP contribution in [0.5, 0.6) is 0 Å². The summed E-state index contributed by atoms with van der Waals surface area (Å²) in [6.45, 7) is 2.49. The Kier molecular flexibility index (Phi) is 6.25. The Morgan fingerprint density at radius 3 is 2.23 bits per heavy atom. The van der Waals surface area contributed by atoms with Gasteiger partial charge in [-0.3, -0.25) is 0 Å². The van der Waals surface area contributed by atoms with Gasteiger partial charge in [-0.05, 0) is 120 Å². The van der Waals surface area contributed by atoms with Crippen molar-refractivity contribution >= 4 is 39.0 Å². The maximum absolute atomic E-state index is 6.29. The van der Waals surface area contributed by atoms with E-state index < -0.39 is 0 Å². The lowest BCUT2D eigenvalue weighted by Crippen LogP contribution is -2.44. The molecule has 2 heteroatoms. The van der Waals surface area contributed by atoms with E-state index in [1.807, 2.05) is 6.07 Å². The lowest BCUT2D eigenvalue weighted by molar-refractivity contribution is 0.0856. The number of nitrogens with zero attached hydrogens (tertiary/aromatic N) is 1. The molecule has 234 valence electrons. The van der Waals surface area contributed by atoms with E-state index in [9.17, 15) is 0 Å². The number of para-hydroxylation sites is 1. The first-order valence-electron chi connectivity index (χ1n) is 17.8. The molecule has 0 aliphatic heterocycles. The Balaban J connectivity index is 1.20. The molecular formula is C46H39NO. The molecule has 0 N–H and O–H groups in total. The van der Waals surface area contributed by atoms with Crippen molar-refractivity contribution in [1.82, 2.24) is 0 Å². The maximum atomic E-state index is 6.29. The molecule has 0 saturated heterocycles. The molecule has 2 saturated carbocycles. The summed E-state index contributed by atoms with van der Waals surface area (Å²) in [6, 6.07) is 51.5. The molecule has 48 heavy (non-hydrogen) atoms. The summed E-state index contributed by atoms with van der Waals surface area (Å²) in [6.07, 6.45) is 6.66. The highest BCUT2D eigenvalue weighted by atomic mass is 16.3. The largest absolute Gasteiger partial charge is 0.456 e. The summed E-state index contributed by atoms with van der Waals surface area (Å²) < 4.78 is 6.29. The Morgan fingerprint density at radius 2 is 1.33 bits per heavy atom. The Morgan fingerprint density at radius 1 is 0.604 bits per heavy atom. The van der Waals surface area contributed by atoms with E-state index in [1.165, 1.54) is 60.0 Å². The van der Waals surface area contributed by atoms with Crippen molar-refractivity contribution in [2.24, 2.45) is 17.8 Å². The second-order valence-corrected chi connectivity index (χ2v) is 14.7. The second-order valence-electron chi connectivity index (χ2n) is 14.7. The van der Waals surface area contributed by atoms with Crippen molar-refractivity contribution in [2.45, 2.75) is 44.4 Å². The van der Waals surface area contributed by atoms with Gasteiger partial charge in [0.1, 0.15) is 11.2 Å². The molecule has 2 nitrogen and oxygen atoms in total. The molecule has 1 heterocycles. The van der Waals surface area contributed by atoms with Gasteiger partial charge in [0, 0.05) is 33.1 Å². The second kappa shape index (κ2) is 10.7. The first-order chi connectivity index (χ1) is 23.7. The zero-order chi connectivity index (χ0) is 31.8. The van der Waals surface area contributed by atoms with Gasteiger partial charge in [0.2, 0.25) is 0 Å². The van der Waals surface area contributed by atoms with Crippen LogP contribution in [0.4, 0.5) is 17.1 Å². The quantitative estimate of drug-likeness (QED) is 0.194. The fourth-order valence-corrected chi connectivity index (χ4v) is 10.1. The molecule has 4 atom stereocenters. The van der Waals surface area contributed by atoms with Crippen LogP contribution in [0, 0.1) is 17.8 Å². The van der Waals surface area contributed by atoms with Gasteiger partial charge < -0.3 is 9.32 Å². The van der Waals surface area contributed by atoms with Gasteiger partial charge in [-0.15, -0.1) is 0 Å². The van der Waals surface area contributed by atoms with E-state index in [2.05, 4.69) is 145 Å². The molecule has 2 fully saturated rings. The number of hydrogen-bond acceptors (Lipinski definition) is 2. The SMILES string of the molecule is CC1CC2CCC3(c4ccccc4-c4c(N(c5ccc(-c6ccccc6)cc5)c5ccc6oc7ccccc7c6c5)cccc43)C(C1)C2.